The molecule has 0 radical (unpaired) electrons. The van der Waals surface area contributed by atoms with Gasteiger partial charge in [-0.15, -0.1) is 10.2 Å². The van der Waals surface area contributed by atoms with Gasteiger partial charge in [0.05, 0.1) is 7.11 Å². The number of nitrogens with zero attached hydrogens (tertiary/aromatic N) is 2. The first kappa shape index (κ1) is 11.2. The third kappa shape index (κ3) is 1.64. The summed E-state index contributed by atoms with van der Waals surface area (Å²) >= 11 is 0. The number of nitrogens with one attached hydrogen (secondary N) is 1. The van der Waals surface area contributed by atoms with Crippen LogP contribution in [0, 0.1) is 23.7 Å². The van der Waals surface area contributed by atoms with Crippen molar-refractivity contribution in [2.24, 2.45) is 23.7 Å². The highest BCUT2D eigenvalue weighted by molar-refractivity contribution is 5.86. The monoisotopic (exact) mass is 259 g/mol. The lowest BCUT2D eigenvalue weighted by Crippen LogP contribution is -2.14. The van der Waals surface area contributed by atoms with Crippen LogP contribution < -0.4 is 5.32 Å². The third-order valence-electron chi connectivity index (χ3n) is 5.11. The normalized spacial score (nSPS) is 37.8. The maximum Gasteiger partial charge on any atom is 0.358 e. The maximum atomic E-state index is 11.3. The predicted octanol–water partition coefficient (Wildman–Crippen LogP) is 1.72. The molecule has 2 bridgehead atoms. The van der Waals surface area contributed by atoms with Crippen LogP contribution >= 0.6 is 0 Å². The fourth-order valence-electron chi connectivity index (χ4n) is 4.31. The molecule has 3 aliphatic carbocycles. The van der Waals surface area contributed by atoms with Crippen molar-refractivity contribution >= 4 is 11.8 Å². The number of rotatable bonds is 3. The van der Waals surface area contributed by atoms with Crippen LogP contribution in [0.3, 0.4) is 0 Å². The smallest absolute Gasteiger partial charge is 0.358 e. The quantitative estimate of drug-likeness (QED) is 0.837. The molecule has 1 aromatic rings. The van der Waals surface area contributed by atoms with Crippen LogP contribution in [0.15, 0.2) is 12.1 Å². The second-order valence-electron chi connectivity index (χ2n) is 5.95. The summed E-state index contributed by atoms with van der Waals surface area (Å²) in [7, 11) is 1.34. The summed E-state index contributed by atoms with van der Waals surface area (Å²) in [6.07, 6.45) is 4.27. The zero-order valence-corrected chi connectivity index (χ0v) is 10.9. The van der Waals surface area contributed by atoms with Crippen LogP contribution in [0.4, 0.5) is 5.82 Å². The SMILES string of the molecule is COC(=O)c1ccc(NC2C3C4CCC(C4)C23)nn1. The molecule has 4 unspecified atom stereocenters. The van der Waals surface area contributed by atoms with Gasteiger partial charge in [-0.1, -0.05) is 0 Å². The molecule has 0 spiro atoms. The van der Waals surface area contributed by atoms with E-state index in [1.54, 1.807) is 6.07 Å². The van der Waals surface area contributed by atoms with Crippen LogP contribution in [-0.2, 0) is 4.74 Å². The minimum absolute atomic E-state index is 0.254. The van der Waals surface area contributed by atoms with E-state index < -0.39 is 5.97 Å². The molecule has 4 rings (SSSR count). The first-order valence-corrected chi connectivity index (χ1v) is 6.96. The molecule has 19 heavy (non-hydrogen) atoms. The van der Waals surface area contributed by atoms with Gasteiger partial charge in [0.1, 0.15) is 5.82 Å². The van der Waals surface area contributed by atoms with Gasteiger partial charge >= 0.3 is 5.97 Å². The van der Waals surface area contributed by atoms with Gasteiger partial charge in [0, 0.05) is 6.04 Å². The zero-order valence-electron chi connectivity index (χ0n) is 10.9. The Bertz CT molecular complexity index is 500. The minimum Gasteiger partial charge on any atom is -0.464 e. The van der Waals surface area contributed by atoms with Crippen molar-refractivity contribution in [3.05, 3.63) is 17.8 Å². The highest BCUT2D eigenvalue weighted by Gasteiger charge is 2.65. The van der Waals surface area contributed by atoms with E-state index in [1.165, 1.54) is 26.4 Å². The Kier molecular flexibility index (Phi) is 2.31. The molecule has 100 valence electrons. The summed E-state index contributed by atoms with van der Waals surface area (Å²) in [5.41, 5.74) is 0.254. The van der Waals surface area contributed by atoms with Crippen LogP contribution in [0.1, 0.15) is 29.8 Å². The number of carbonyl (C=O) groups is 1. The summed E-state index contributed by atoms with van der Waals surface area (Å²) in [6.45, 7) is 0. The molecule has 3 saturated carbocycles. The number of hydrogen-bond donors (Lipinski definition) is 1. The van der Waals surface area contributed by atoms with Crippen molar-refractivity contribution in [1.82, 2.24) is 10.2 Å². The van der Waals surface area contributed by atoms with E-state index in [9.17, 15) is 4.79 Å². The van der Waals surface area contributed by atoms with Gasteiger partial charge in [0.25, 0.3) is 0 Å². The molecule has 1 heterocycles. The van der Waals surface area contributed by atoms with Gasteiger partial charge in [-0.25, -0.2) is 4.79 Å². The average molecular weight is 259 g/mol. The Hall–Kier alpha value is -1.65. The molecular formula is C14H17N3O2. The molecule has 3 aliphatic rings. The Morgan fingerprint density at radius 1 is 1.26 bits per heavy atom. The fourth-order valence-corrected chi connectivity index (χ4v) is 4.31. The molecule has 0 aromatic carbocycles. The van der Waals surface area contributed by atoms with Gasteiger partial charge in [-0.2, -0.15) is 0 Å². The highest BCUT2D eigenvalue weighted by Crippen LogP contribution is 2.66. The van der Waals surface area contributed by atoms with Crippen LogP contribution in [-0.4, -0.2) is 29.3 Å². The molecule has 5 nitrogen and oxygen atoms in total. The predicted molar refractivity (Wildman–Crippen MR) is 68.6 cm³/mol. The number of fused-ring (bicyclic) bond motifs is 5. The summed E-state index contributed by atoms with van der Waals surface area (Å²) in [5, 5.41) is 11.4. The summed E-state index contributed by atoms with van der Waals surface area (Å²) in [5.74, 6) is 3.93. The first-order chi connectivity index (χ1) is 9.28. The van der Waals surface area contributed by atoms with E-state index in [0.717, 1.165) is 29.5 Å². The van der Waals surface area contributed by atoms with E-state index in [4.69, 9.17) is 0 Å². The van der Waals surface area contributed by atoms with Gasteiger partial charge in [0.15, 0.2) is 5.69 Å². The standard InChI is InChI=1S/C14H17N3O2/c1-19-14(18)9-4-5-10(17-16-9)15-13-11-7-2-3-8(6-7)12(11)13/h4-5,7-8,11-13H,2-3,6H2,1H3,(H,15,17). The van der Waals surface area contributed by atoms with E-state index in [1.807, 2.05) is 6.07 Å². The minimum atomic E-state index is -0.444. The Morgan fingerprint density at radius 2 is 2.00 bits per heavy atom. The van der Waals surface area contributed by atoms with Gasteiger partial charge < -0.3 is 10.1 Å². The topological polar surface area (TPSA) is 64.1 Å². The Labute approximate surface area is 111 Å². The van der Waals surface area contributed by atoms with Crippen LogP contribution in [0.2, 0.25) is 0 Å². The van der Waals surface area contributed by atoms with Crippen molar-refractivity contribution in [2.75, 3.05) is 12.4 Å². The number of ether oxygens (including phenoxy) is 1. The van der Waals surface area contributed by atoms with Crippen molar-refractivity contribution in [2.45, 2.75) is 25.3 Å². The molecule has 5 heteroatoms. The third-order valence-corrected chi connectivity index (χ3v) is 5.11. The molecule has 4 atom stereocenters. The zero-order chi connectivity index (χ0) is 13.0. The fraction of sp³-hybridized carbons (Fsp3) is 0.643. The maximum absolute atomic E-state index is 11.3. The second-order valence-corrected chi connectivity index (χ2v) is 5.95. The average Bonchev–Trinajstić information content (AvgIpc) is 2.85. The Balaban J connectivity index is 1.43. The molecular weight excluding hydrogens is 242 g/mol. The molecule has 0 amide bonds. The number of hydrogen-bond acceptors (Lipinski definition) is 5. The van der Waals surface area contributed by atoms with Gasteiger partial charge in [-0.05, 0) is 55.1 Å². The summed E-state index contributed by atoms with van der Waals surface area (Å²) in [6, 6.07) is 4.06. The number of esters is 1. The lowest BCUT2D eigenvalue weighted by atomic mass is 10.0. The van der Waals surface area contributed by atoms with Crippen molar-refractivity contribution in [1.29, 1.82) is 0 Å². The lowest BCUT2D eigenvalue weighted by molar-refractivity contribution is 0.0593. The lowest BCUT2D eigenvalue weighted by Gasteiger charge is -2.10. The van der Waals surface area contributed by atoms with Crippen LogP contribution in [0.25, 0.3) is 0 Å². The Morgan fingerprint density at radius 3 is 2.58 bits per heavy atom. The van der Waals surface area contributed by atoms with E-state index in [-0.39, 0.29) is 5.69 Å². The van der Waals surface area contributed by atoms with E-state index in [0.29, 0.717) is 6.04 Å². The molecule has 1 aromatic heterocycles. The van der Waals surface area contributed by atoms with E-state index >= 15 is 0 Å². The first-order valence-electron chi connectivity index (χ1n) is 6.96. The van der Waals surface area contributed by atoms with Gasteiger partial charge in [0.2, 0.25) is 0 Å². The van der Waals surface area contributed by atoms with Crippen LogP contribution in [0.5, 0.6) is 0 Å². The molecule has 1 N–H and O–H groups in total. The van der Waals surface area contributed by atoms with Gasteiger partial charge in [-0.3, -0.25) is 0 Å². The number of carbonyl (C=O) groups excluding carboxylic acids is 1. The second kappa shape index (κ2) is 3.92. The number of anilines is 1. The molecule has 0 aliphatic heterocycles. The van der Waals surface area contributed by atoms with Crippen molar-refractivity contribution in [3.63, 3.8) is 0 Å². The largest absolute Gasteiger partial charge is 0.464 e. The summed E-state index contributed by atoms with van der Waals surface area (Å²) < 4.78 is 4.60. The van der Waals surface area contributed by atoms with E-state index in [2.05, 4.69) is 20.3 Å². The number of methoxy groups -OCH3 is 1. The summed E-state index contributed by atoms with van der Waals surface area (Å²) in [4.78, 5) is 11.3. The molecule has 0 saturated heterocycles. The highest BCUT2D eigenvalue weighted by atomic mass is 16.5. The number of aromatic nitrogens is 2. The molecule has 3 fully saturated rings. The van der Waals surface area contributed by atoms with Crippen molar-refractivity contribution in [3.8, 4) is 0 Å². The van der Waals surface area contributed by atoms with Crippen molar-refractivity contribution < 1.29 is 9.53 Å².